The summed E-state index contributed by atoms with van der Waals surface area (Å²) in [5.74, 6) is -0.634. The molecular weight excluding hydrogens is 414 g/mol. The van der Waals surface area contributed by atoms with Crippen molar-refractivity contribution >= 4 is 28.8 Å². The molecule has 0 unspecified atom stereocenters. The third-order valence-corrected chi connectivity index (χ3v) is 5.59. The van der Waals surface area contributed by atoms with E-state index in [2.05, 4.69) is 59.0 Å². The number of anilines is 2. The zero-order chi connectivity index (χ0) is 23.4. The molecule has 0 spiro atoms. The zero-order valence-corrected chi connectivity index (χ0v) is 19.0. The maximum absolute atomic E-state index is 12.6. The second-order valence-electron chi connectivity index (χ2n) is 8.19. The summed E-state index contributed by atoms with van der Waals surface area (Å²) in [4.78, 5) is 26.7. The van der Waals surface area contributed by atoms with Crippen LogP contribution >= 0.6 is 0 Å². The third kappa shape index (κ3) is 5.13. The first kappa shape index (κ1) is 22.3. The molecule has 1 amide bonds. The maximum atomic E-state index is 12.6. The van der Waals surface area contributed by atoms with E-state index in [0.29, 0.717) is 16.8 Å². The van der Waals surface area contributed by atoms with Crippen molar-refractivity contribution < 1.29 is 14.3 Å². The molecule has 0 fully saturated rings. The average molecular weight is 442 g/mol. The van der Waals surface area contributed by atoms with E-state index in [1.165, 1.54) is 18.2 Å². The molecule has 0 bridgehead atoms. The second-order valence-corrected chi connectivity index (χ2v) is 8.19. The molecule has 6 heteroatoms. The minimum atomic E-state index is -0.436. The number of allylic oxidation sites excluding steroid dienone is 1. The molecule has 1 aliphatic heterocycles. The number of benzene rings is 3. The Kier molecular flexibility index (Phi) is 6.56. The highest BCUT2D eigenvalue weighted by Gasteiger charge is 2.27. The number of rotatable bonds is 7. The van der Waals surface area contributed by atoms with Gasteiger partial charge in [-0.1, -0.05) is 48.5 Å². The summed E-state index contributed by atoms with van der Waals surface area (Å²) >= 11 is 0. The molecule has 6 nitrogen and oxygen atoms in total. The van der Waals surface area contributed by atoms with E-state index in [9.17, 15) is 9.59 Å². The fraction of sp³-hybridized carbons (Fsp3) is 0.185. The molecule has 0 aliphatic carbocycles. The predicted molar refractivity (Wildman–Crippen MR) is 131 cm³/mol. The molecule has 33 heavy (non-hydrogen) atoms. The van der Waals surface area contributed by atoms with E-state index in [-0.39, 0.29) is 5.91 Å². The predicted octanol–water partition coefficient (Wildman–Crippen LogP) is 4.90. The quantitative estimate of drug-likeness (QED) is 0.403. The summed E-state index contributed by atoms with van der Waals surface area (Å²) in [5.41, 5.74) is 6.47. The van der Waals surface area contributed by atoms with Gasteiger partial charge in [0.2, 0.25) is 0 Å². The third-order valence-electron chi connectivity index (χ3n) is 5.59. The highest BCUT2D eigenvalue weighted by atomic mass is 16.5. The van der Waals surface area contributed by atoms with Gasteiger partial charge in [-0.15, -0.1) is 0 Å². The largest absolute Gasteiger partial charge is 0.465 e. The van der Waals surface area contributed by atoms with Crippen LogP contribution in [0.5, 0.6) is 0 Å². The molecule has 0 saturated carbocycles. The van der Waals surface area contributed by atoms with Crippen LogP contribution in [0.25, 0.3) is 5.57 Å². The minimum Gasteiger partial charge on any atom is -0.465 e. The van der Waals surface area contributed by atoms with E-state index in [4.69, 9.17) is 4.74 Å². The van der Waals surface area contributed by atoms with Gasteiger partial charge in [0.05, 0.1) is 23.9 Å². The molecule has 0 radical (unpaired) electrons. The first-order valence-electron chi connectivity index (χ1n) is 10.8. The van der Waals surface area contributed by atoms with Crippen LogP contribution in [0.15, 0.2) is 78.5 Å². The standard InChI is InChI=1S/C27H27N3O3/c1-18(25-23-14-11-21(27(32)33-3)15-24(23)29-26(25)31)28-22-12-9-20(10-13-22)17-30(2)16-19-7-5-4-6-8-19/h4-15,28H,16-17H2,1-3H3,(H,29,31). The van der Waals surface area contributed by atoms with Gasteiger partial charge in [0, 0.05) is 30.0 Å². The highest BCUT2D eigenvalue weighted by molar-refractivity contribution is 6.32. The van der Waals surface area contributed by atoms with Crippen molar-refractivity contribution in [2.75, 3.05) is 24.8 Å². The van der Waals surface area contributed by atoms with Gasteiger partial charge in [-0.05, 0) is 49.4 Å². The van der Waals surface area contributed by atoms with Gasteiger partial charge in [0.15, 0.2) is 0 Å². The first-order valence-corrected chi connectivity index (χ1v) is 10.8. The fourth-order valence-corrected chi connectivity index (χ4v) is 4.03. The van der Waals surface area contributed by atoms with Crippen LogP contribution < -0.4 is 10.6 Å². The monoisotopic (exact) mass is 441 g/mol. The smallest absolute Gasteiger partial charge is 0.337 e. The van der Waals surface area contributed by atoms with Crippen LogP contribution in [-0.4, -0.2) is 30.9 Å². The SMILES string of the molecule is COC(=O)c1ccc2c(c1)NC(=O)C2=C(C)Nc1ccc(CN(C)Cc2ccccc2)cc1. The van der Waals surface area contributed by atoms with Crippen molar-refractivity contribution in [2.24, 2.45) is 0 Å². The Balaban J connectivity index is 1.45. The molecule has 0 aromatic heterocycles. The Morgan fingerprint density at radius 2 is 1.64 bits per heavy atom. The summed E-state index contributed by atoms with van der Waals surface area (Å²) in [6, 6.07) is 23.7. The summed E-state index contributed by atoms with van der Waals surface area (Å²) in [7, 11) is 3.44. The van der Waals surface area contributed by atoms with Gasteiger partial charge in [0.25, 0.3) is 5.91 Å². The van der Waals surface area contributed by atoms with Crippen molar-refractivity contribution in [3.8, 4) is 0 Å². The number of amides is 1. The molecule has 3 aromatic carbocycles. The number of nitrogens with zero attached hydrogens (tertiary/aromatic N) is 1. The molecule has 1 heterocycles. The number of carbonyl (C=O) groups excluding carboxylic acids is 2. The number of esters is 1. The van der Waals surface area contributed by atoms with Gasteiger partial charge in [0.1, 0.15) is 0 Å². The molecule has 2 N–H and O–H groups in total. The molecular formula is C27H27N3O3. The lowest BCUT2D eigenvalue weighted by molar-refractivity contribution is -0.110. The van der Waals surface area contributed by atoms with Gasteiger partial charge >= 0.3 is 5.97 Å². The normalized spacial score (nSPS) is 14.0. The number of ether oxygens (including phenoxy) is 1. The Hall–Kier alpha value is -3.90. The van der Waals surface area contributed by atoms with E-state index in [1.54, 1.807) is 18.2 Å². The Morgan fingerprint density at radius 3 is 2.30 bits per heavy atom. The average Bonchev–Trinajstić information content (AvgIpc) is 3.15. The second kappa shape index (κ2) is 9.71. The lowest BCUT2D eigenvalue weighted by atomic mass is 10.0. The number of hydrogen-bond acceptors (Lipinski definition) is 5. The van der Waals surface area contributed by atoms with Crippen LogP contribution in [0.4, 0.5) is 11.4 Å². The minimum absolute atomic E-state index is 0.198. The Labute approximate surface area is 193 Å². The molecule has 168 valence electrons. The number of carbonyl (C=O) groups is 2. The fourth-order valence-electron chi connectivity index (χ4n) is 4.03. The molecule has 4 rings (SSSR count). The van der Waals surface area contributed by atoms with Crippen molar-refractivity contribution in [3.63, 3.8) is 0 Å². The van der Waals surface area contributed by atoms with Crippen molar-refractivity contribution in [3.05, 3.63) is 101 Å². The molecule has 0 atom stereocenters. The lowest BCUT2D eigenvalue weighted by Crippen LogP contribution is -2.17. The van der Waals surface area contributed by atoms with Crippen LogP contribution in [0.3, 0.4) is 0 Å². The van der Waals surface area contributed by atoms with Crippen LogP contribution in [0, 0.1) is 0 Å². The van der Waals surface area contributed by atoms with Crippen LogP contribution in [0.1, 0.15) is 34.0 Å². The number of fused-ring (bicyclic) bond motifs is 1. The van der Waals surface area contributed by atoms with Crippen LogP contribution in [-0.2, 0) is 22.6 Å². The Bertz CT molecular complexity index is 1200. The summed E-state index contributed by atoms with van der Waals surface area (Å²) in [6.07, 6.45) is 0. The molecule has 1 aliphatic rings. The van der Waals surface area contributed by atoms with Gasteiger partial charge in [-0.3, -0.25) is 9.69 Å². The van der Waals surface area contributed by atoms with Gasteiger partial charge in [-0.2, -0.15) is 0 Å². The van der Waals surface area contributed by atoms with E-state index in [1.807, 2.05) is 25.1 Å². The summed E-state index contributed by atoms with van der Waals surface area (Å²) in [6.45, 7) is 3.60. The van der Waals surface area contributed by atoms with Gasteiger partial charge in [-0.25, -0.2) is 4.79 Å². The van der Waals surface area contributed by atoms with Crippen molar-refractivity contribution in [1.29, 1.82) is 0 Å². The van der Waals surface area contributed by atoms with E-state index >= 15 is 0 Å². The lowest BCUT2D eigenvalue weighted by Gasteiger charge is -2.17. The van der Waals surface area contributed by atoms with E-state index < -0.39 is 5.97 Å². The zero-order valence-electron chi connectivity index (χ0n) is 19.0. The number of hydrogen-bond donors (Lipinski definition) is 2. The Morgan fingerprint density at radius 1 is 0.970 bits per heavy atom. The first-order chi connectivity index (χ1) is 15.9. The van der Waals surface area contributed by atoms with Crippen molar-refractivity contribution in [1.82, 2.24) is 4.90 Å². The number of nitrogens with one attached hydrogen (secondary N) is 2. The van der Waals surface area contributed by atoms with Gasteiger partial charge < -0.3 is 15.4 Å². The number of methoxy groups -OCH3 is 1. The molecule has 0 saturated heterocycles. The summed E-state index contributed by atoms with van der Waals surface area (Å²) in [5, 5.41) is 6.17. The topological polar surface area (TPSA) is 70.7 Å². The summed E-state index contributed by atoms with van der Waals surface area (Å²) < 4.78 is 4.76. The highest BCUT2D eigenvalue weighted by Crippen LogP contribution is 2.35. The maximum Gasteiger partial charge on any atom is 0.337 e. The van der Waals surface area contributed by atoms with E-state index in [0.717, 1.165) is 30.0 Å². The van der Waals surface area contributed by atoms with Crippen LogP contribution in [0.2, 0.25) is 0 Å². The molecule has 3 aromatic rings. The van der Waals surface area contributed by atoms with Crippen molar-refractivity contribution in [2.45, 2.75) is 20.0 Å².